The minimum Gasteiger partial charge on any atom is -0.419 e. The predicted octanol–water partition coefficient (Wildman–Crippen LogP) is 4.98. The monoisotopic (exact) mass is 366 g/mol. The van der Waals surface area contributed by atoms with Crippen LogP contribution in [0.25, 0.3) is 22.4 Å². The zero-order valence-corrected chi connectivity index (χ0v) is 15.0. The van der Waals surface area contributed by atoms with Crippen molar-refractivity contribution in [3.05, 3.63) is 66.1 Å². The summed E-state index contributed by atoms with van der Waals surface area (Å²) in [6, 6.07) is 13.9. The van der Waals surface area contributed by atoms with Crippen LogP contribution < -0.4 is 0 Å². The molecule has 0 fully saturated rings. The summed E-state index contributed by atoms with van der Waals surface area (Å²) in [7, 11) is 0. The molecule has 0 spiro atoms. The molecule has 0 saturated carbocycles. The van der Waals surface area contributed by atoms with Crippen molar-refractivity contribution in [2.45, 2.75) is 24.1 Å². The molecule has 0 N–H and O–H groups in total. The maximum atomic E-state index is 13.1. The molecule has 26 heavy (non-hydrogen) atoms. The lowest BCUT2D eigenvalue weighted by Gasteiger charge is -2.09. The number of aryl methyl sites for hydroxylation is 1. The largest absolute Gasteiger partial charge is 0.419 e. The van der Waals surface area contributed by atoms with Gasteiger partial charge in [-0.3, -0.25) is 0 Å². The highest BCUT2D eigenvalue weighted by atomic mass is 32.2. The number of para-hydroxylation sites is 1. The van der Waals surface area contributed by atoms with Crippen LogP contribution in [0.1, 0.15) is 23.9 Å². The van der Waals surface area contributed by atoms with Crippen LogP contribution >= 0.6 is 11.8 Å². The number of benzene rings is 2. The molecule has 2 heterocycles. The van der Waals surface area contributed by atoms with E-state index < -0.39 is 0 Å². The fourth-order valence-corrected chi connectivity index (χ4v) is 3.59. The summed E-state index contributed by atoms with van der Waals surface area (Å²) in [6.07, 6.45) is 0. The van der Waals surface area contributed by atoms with Crippen LogP contribution in [0.15, 0.2) is 58.0 Å². The van der Waals surface area contributed by atoms with E-state index in [4.69, 9.17) is 4.42 Å². The van der Waals surface area contributed by atoms with Gasteiger partial charge >= 0.3 is 0 Å². The normalized spacial score (nSPS) is 12.4. The molecule has 1 atom stereocenters. The van der Waals surface area contributed by atoms with Crippen molar-refractivity contribution >= 4 is 22.7 Å². The average molecular weight is 366 g/mol. The Labute approximate surface area is 153 Å². The molecule has 0 aliphatic heterocycles. The third kappa shape index (κ3) is 3.30. The van der Waals surface area contributed by atoms with Crippen molar-refractivity contribution in [3.8, 4) is 11.5 Å². The summed E-state index contributed by atoms with van der Waals surface area (Å²) in [5.74, 6) is 1.28. The number of rotatable bonds is 4. The van der Waals surface area contributed by atoms with Crippen LogP contribution in [0, 0.1) is 12.7 Å². The second kappa shape index (κ2) is 6.84. The summed E-state index contributed by atoms with van der Waals surface area (Å²) >= 11 is 1.54. The molecule has 7 heteroatoms. The highest BCUT2D eigenvalue weighted by molar-refractivity contribution is 7.99. The first-order chi connectivity index (χ1) is 12.6. The molecule has 0 bridgehead atoms. The molecule has 4 aromatic rings. The Morgan fingerprint density at radius 3 is 2.58 bits per heavy atom. The quantitative estimate of drug-likeness (QED) is 0.375. The van der Waals surface area contributed by atoms with E-state index in [9.17, 15) is 4.39 Å². The van der Waals surface area contributed by atoms with Gasteiger partial charge in [0.2, 0.25) is 11.8 Å². The lowest BCUT2D eigenvalue weighted by molar-refractivity contribution is 0.509. The van der Waals surface area contributed by atoms with E-state index in [2.05, 4.69) is 20.2 Å². The first kappa shape index (κ1) is 16.7. The summed E-state index contributed by atoms with van der Waals surface area (Å²) in [4.78, 5) is 9.02. The molecule has 5 nitrogen and oxygen atoms in total. The van der Waals surface area contributed by atoms with Gasteiger partial charge in [0, 0.05) is 10.9 Å². The molecular weight excluding hydrogens is 351 g/mol. The van der Waals surface area contributed by atoms with Crippen molar-refractivity contribution in [3.63, 3.8) is 0 Å². The number of halogens is 1. The van der Waals surface area contributed by atoms with Crippen LogP contribution in [-0.2, 0) is 0 Å². The molecule has 2 aromatic carbocycles. The SMILES string of the molecule is Cc1nc(S[C@@H](C)c2nnc(-c3ccc(F)cc3)o2)c2ccccc2n1. The van der Waals surface area contributed by atoms with Gasteiger partial charge in [-0.15, -0.1) is 10.2 Å². The summed E-state index contributed by atoms with van der Waals surface area (Å²) in [5, 5.41) is 9.99. The Balaban J connectivity index is 1.61. The summed E-state index contributed by atoms with van der Waals surface area (Å²) in [5.41, 5.74) is 1.60. The zero-order chi connectivity index (χ0) is 18.1. The standard InChI is InChI=1S/C19H15FN4OS/c1-11(17-23-24-18(25-17)13-7-9-14(20)10-8-13)26-19-15-5-3-4-6-16(15)21-12(2)22-19/h3-11H,1-2H3/t11-/m0/s1. The van der Waals surface area contributed by atoms with E-state index in [1.165, 1.54) is 12.1 Å². The second-order valence-electron chi connectivity index (χ2n) is 5.81. The summed E-state index contributed by atoms with van der Waals surface area (Å²) in [6.45, 7) is 3.86. The van der Waals surface area contributed by atoms with Gasteiger partial charge in [0.15, 0.2) is 0 Å². The van der Waals surface area contributed by atoms with E-state index >= 15 is 0 Å². The molecule has 0 radical (unpaired) electrons. The van der Waals surface area contributed by atoms with E-state index in [1.807, 2.05) is 38.1 Å². The minimum atomic E-state index is -0.302. The lowest BCUT2D eigenvalue weighted by Crippen LogP contribution is -1.95. The lowest BCUT2D eigenvalue weighted by atomic mass is 10.2. The van der Waals surface area contributed by atoms with Gasteiger partial charge in [-0.1, -0.05) is 30.0 Å². The van der Waals surface area contributed by atoms with E-state index in [0.29, 0.717) is 17.3 Å². The molecule has 0 unspecified atom stereocenters. The second-order valence-corrected chi connectivity index (χ2v) is 7.14. The van der Waals surface area contributed by atoms with Crippen molar-refractivity contribution in [2.24, 2.45) is 0 Å². The Morgan fingerprint density at radius 1 is 1.00 bits per heavy atom. The molecule has 0 saturated heterocycles. The maximum Gasteiger partial charge on any atom is 0.247 e. The number of hydrogen-bond acceptors (Lipinski definition) is 6. The zero-order valence-electron chi connectivity index (χ0n) is 14.2. The van der Waals surface area contributed by atoms with Gasteiger partial charge in [0.05, 0.1) is 10.8 Å². The molecule has 2 aromatic heterocycles. The predicted molar refractivity (Wildman–Crippen MR) is 98.2 cm³/mol. The fraction of sp³-hybridized carbons (Fsp3) is 0.158. The number of nitrogens with zero attached hydrogens (tertiary/aromatic N) is 4. The Bertz CT molecular complexity index is 1060. The maximum absolute atomic E-state index is 13.1. The van der Waals surface area contributed by atoms with Gasteiger partial charge in [-0.2, -0.15) is 0 Å². The molecule has 0 aliphatic rings. The molecule has 0 amide bonds. The van der Waals surface area contributed by atoms with E-state index in [1.54, 1.807) is 23.9 Å². The van der Waals surface area contributed by atoms with Crippen LogP contribution in [-0.4, -0.2) is 20.2 Å². The Kier molecular flexibility index (Phi) is 4.38. The average Bonchev–Trinajstić information content (AvgIpc) is 3.12. The minimum absolute atomic E-state index is 0.0885. The van der Waals surface area contributed by atoms with Crippen molar-refractivity contribution < 1.29 is 8.81 Å². The van der Waals surface area contributed by atoms with Gasteiger partial charge in [-0.05, 0) is 44.2 Å². The molecule has 4 rings (SSSR count). The van der Waals surface area contributed by atoms with Gasteiger partial charge in [-0.25, -0.2) is 14.4 Å². The van der Waals surface area contributed by atoms with E-state index in [-0.39, 0.29) is 11.1 Å². The third-order valence-corrected chi connectivity index (χ3v) is 4.94. The van der Waals surface area contributed by atoms with Crippen LogP contribution in [0.4, 0.5) is 4.39 Å². The number of aromatic nitrogens is 4. The van der Waals surface area contributed by atoms with E-state index in [0.717, 1.165) is 21.8 Å². The van der Waals surface area contributed by atoms with Crippen molar-refractivity contribution in [2.75, 3.05) is 0 Å². The molecule has 0 aliphatic carbocycles. The first-order valence-corrected chi connectivity index (χ1v) is 8.97. The van der Waals surface area contributed by atoms with Crippen LogP contribution in [0.5, 0.6) is 0 Å². The topological polar surface area (TPSA) is 64.7 Å². The third-order valence-electron chi connectivity index (χ3n) is 3.85. The summed E-state index contributed by atoms with van der Waals surface area (Å²) < 4.78 is 18.8. The number of fused-ring (bicyclic) bond motifs is 1. The molecule has 130 valence electrons. The van der Waals surface area contributed by atoms with Crippen molar-refractivity contribution in [1.82, 2.24) is 20.2 Å². The smallest absolute Gasteiger partial charge is 0.247 e. The van der Waals surface area contributed by atoms with Gasteiger partial charge < -0.3 is 4.42 Å². The van der Waals surface area contributed by atoms with Crippen molar-refractivity contribution in [1.29, 1.82) is 0 Å². The Hall–Kier alpha value is -2.80. The molecular formula is C19H15FN4OS. The number of hydrogen-bond donors (Lipinski definition) is 0. The number of thioether (sulfide) groups is 1. The fourth-order valence-electron chi connectivity index (χ4n) is 2.57. The van der Waals surface area contributed by atoms with Gasteiger partial charge in [0.25, 0.3) is 0 Å². The van der Waals surface area contributed by atoms with Crippen LogP contribution in [0.2, 0.25) is 0 Å². The first-order valence-electron chi connectivity index (χ1n) is 8.09. The highest BCUT2D eigenvalue weighted by Crippen LogP contribution is 2.37. The van der Waals surface area contributed by atoms with Crippen LogP contribution in [0.3, 0.4) is 0 Å². The Morgan fingerprint density at radius 2 is 1.77 bits per heavy atom. The van der Waals surface area contributed by atoms with Gasteiger partial charge in [0.1, 0.15) is 16.7 Å². The highest BCUT2D eigenvalue weighted by Gasteiger charge is 2.18.